The number of ether oxygens (including phenoxy) is 2. The Morgan fingerprint density at radius 3 is 2.52 bits per heavy atom. The Kier molecular flexibility index (Phi) is 7.36. The van der Waals surface area contributed by atoms with Gasteiger partial charge in [0.05, 0.1) is 13.2 Å². The van der Waals surface area contributed by atoms with Gasteiger partial charge in [-0.25, -0.2) is 0 Å². The van der Waals surface area contributed by atoms with Crippen molar-refractivity contribution in [2.24, 2.45) is 0 Å². The van der Waals surface area contributed by atoms with Crippen LogP contribution in [0.1, 0.15) is 12.5 Å². The summed E-state index contributed by atoms with van der Waals surface area (Å²) in [5.41, 5.74) is 0.851. The molecule has 27 heavy (non-hydrogen) atoms. The van der Waals surface area contributed by atoms with Crippen molar-refractivity contribution < 1.29 is 23.9 Å². The third-order valence-corrected chi connectivity index (χ3v) is 4.16. The van der Waals surface area contributed by atoms with E-state index in [9.17, 15) is 14.4 Å². The second-order valence-electron chi connectivity index (χ2n) is 6.19. The summed E-state index contributed by atoms with van der Waals surface area (Å²) in [6.45, 7) is 2.45. The van der Waals surface area contributed by atoms with Crippen molar-refractivity contribution in [1.29, 1.82) is 0 Å². The lowest BCUT2D eigenvalue weighted by Gasteiger charge is -2.40. The molecule has 0 radical (unpaired) electrons. The Balaban J connectivity index is 1.73. The summed E-state index contributed by atoms with van der Waals surface area (Å²) in [6, 6.07) is 6.62. The van der Waals surface area contributed by atoms with Gasteiger partial charge in [-0.2, -0.15) is 0 Å². The van der Waals surface area contributed by atoms with Crippen molar-refractivity contribution >= 4 is 23.8 Å². The van der Waals surface area contributed by atoms with E-state index in [2.05, 4.69) is 10.6 Å². The number of likely N-dealkylation sites (tertiary alicyclic amines) is 1. The average molecular weight is 375 g/mol. The fourth-order valence-electron chi connectivity index (χ4n) is 2.47. The zero-order chi connectivity index (χ0) is 19.8. The molecule has 0 aliphatic carbocycles. The van der Waals surface area contributed by atoms with Crippen LogP contribution in [0.25, 0.3) is 6.08 Å². The van der Waals surface area contributed by atoms with Crippen LogP contribution < -0.4 is 15.4 Å². The summed E-state index contributed by atoms with van der Waals surface area (Å²) in [5.74, 6) is 0.00706. The van der Waals surface area contributed by atoms with E-state index in [1.54, 1.807) is 37.1 Å². The molecule has 0 saturated carbocycles. The van der Waals surface area contributed by atoms with Crippen LogP contribution in [-0.4, -0.2) is 68.6 Å². The molecule has 8 heteroatoms. The fraction of sp³-hybridized carbons (Fsp3) is 0.421. The monoisotopic (exact) mass is 375 g/mol. The molecular formula is C19H25N3O5. The molecule has 1 aliphatic heterocycles. The number of carbonyl (C=O) groups excluding carboxylic acids is 3. The number of benzene rings is 1. The standard InChI is InChI=1S/C19H25N3O5/c1-13(19(25)22-10-16(11-22)27-12-18(24)20-2)21-17(23)9-6-14-4-7-15(26-3)8-5-14/h4-9,13,16H,10-12H2,1-3H3,(H,20,24)(H,21,23)/b9-6+/t13-/m1/s1. The van der Waals surface area contributed by atoms with E-state index < -0.39 is 6.04 Å². The number of hydrogen-bond acceptors (Lipinski definition) is 5. The average Bonchev–Trinajstić information content (AvgIpc) is 2.64. The first kappa shape index (κ1) is 20.4. The number of nitrogens with zero attached hydrogens (tertiary/aromatic N) is 1. The van der Waals surface area contributed by atoms with Crippen LogP contribution in [0.5, 0.6) is 5.75 Å². The Labute approximate surface area is 158 Å². The van der Waals surface area contributed by atoms with Gasteiger partial charge >= 0.3 is 0 Å². The molecule has 0 bridgehead atoms. The summed E-state index contributed by atoms with van der Waals surface area (Å²) >= 11 is 0. The lowest BCUT2D eigenvalue weighted by Crippen LogP contribution is -2.59. The maximum absolute atomic E-state index is 12.3. The highest BCUT2D eigenvalue weighted by atomic mass is 16.5. The lowest BCUT2D eigenvalue weighted by molar-refractivity contribution is -0.150. The Hall–Kier alpha value is -2.87. The Morgan fingerprint density at radius 1 is 1.26 bits per heavy atom. The second-order valence-corrected chi connectivity index (χ2v) is 6.19. The van der Waals surface area contributed by atoms with Crippen molar-refractivity contribution in [1.82, 2.24) is 15.5 Å². The maximum atomic E-state index is 12.3. The highest BCUT2D eigenvalue weighted by Crippen LogP contribution is 2.14. The summed E-state index contributed by atoms with van der Waals surface area (Å²) in [6.07, 6.45) is 2.90. The molecule has 3 amide bonds. The third kappa shape index (κ3) is 6.10. The molecule has 2 N–H and O–H groups in total. The number of amides is 3. The molecule has 1 aromatic rings. The first-order valence-corrected chi connectivity index (χ1v) is 8.66. The normalized spacial score (nSPS) is 15.1. The number of nitrogens with one attached hydrogen (secondary N) is 2. The molecule has 1 aromatic carbocycles. The van der Waals surface area contributed by atoms with Gasteiger partial charge in [-0.05, 0) is 30.7 Å². The van der Waals surface area contributed by atoms with Gasteiger partial charge in [0.25, 0.3) is 0 Å². The highest BCUT2D eigenvalue weighted by Gasteiger charge is 2.34. The minimum absolute atomic E-state index is 0.0222. The summed E-state index contributed by atoms with van der Waals surface area (Å²) in [7, 11) is 3.13. The van der Waals surface area contributed by atoms with Crippen LogP contribution in [-0.2, 0) is 19.1 Å². The molecule has 1 heterocycles. The van der Waals surface area contributed by atoms with Crippen LogP contribution >= 0.6 is 0 Å². The molecule has 1 atom stereocenters. The molecular weight excluding hydrogens is 350 g/mol. The predicted octanol–water partition coefficient (Wildman–Crippen LogP) is 0.187. The summed E-state index contributed by atoms with van der Waals surface area (Å²) < 4.78 is 10.4. The number of carbonyl (C=O) groups is 3. The first-order chi connectivity index (χ1) is 12.9. The largest absolute Gasteiger partial charge is 0.497 e. The van der Waals surface area contributed by atoms with E-state index in [0.717, 1.165) is 11.3 Å². The van der Waals surface area contributed by atoms with E-state index >= 15 is 0 Å². The minimum atomic E-state index is -0.641. The molecule has 1 saturated heterocycles. The lowest BCUT2D eigenvalue weighted by atomic mass is 10.1. The Morgan fingerprint density at radius 2 is 1.93 bits per heavy atom. The van der Waals surface area contributed by atoms with E-state index in [1.807, 2.05) is 12.1 Å². The molecule has 0 unspecified atom stereocenters. The van der Waals surface area contributed by atoms with E-state index in [1.165, 1.54) is 13.1 Å². The second kappa shape index (κ2) is 9.72. The van der Waals surface area contributed by atoms with Crippen molar-refractivity contribution in [3.63, 3.8) is 0 Å². The van der Waals surface area contributed by atoms with Gasteiger partial charge in [0, 0.05) is 26.2 Å². The Bertz CT molecular complexity index is 696. The predicted molar refractivity (Wildman–Crippen MR) is 100 cm³/mol. The SMILES string of the molecule is CNC(=O)COC1CN(C(=O)[C@@H](C)NC(=O)/C=C/c2ccc(OC)cc2)C1. The van der Waals surface area contributed by atoms with Gasteiger partial charge in [-0.1, -0.05) is 12.1 Å². The van der Waals surface area contributed by atoms with Crippen molar-refractivity contribution in [3.05, 3.63) is 35.9 Å². The molecule has 8 nitrogen and oxygen atoms in total. The van der Waals surface area contributed by atoms with Crippen LogP contribution in [0.2, 0.25) is 0 Å². The van der Waals surface area contributed by atoms with Gasteiger partial charge in [0.2, 0.25) is 17.7 Å². The summed E-state index contributed by atoms with van der Waals surface area (Å²) in [4.78, 5) is 37.0. The maximum Gasteiger partial charge on any atom is 0.245 e. The van der Waals surface area contributed by atoms with Crippen molar-refractivity contribution in [2.75, 3.05) is 33.9 Å². The van der Waals surface area contributed by atoms with E-state index in [0.29, 0.717) is 13.1 Å². The number of rotatable bonds is 8. The van der Waals surface area contributed by atoms with Gasteiger partial charge < -0.3 is 25.0 Å². The van der Waals surface area contributed by atoms with Crippen LogP contribution in [0.15, 0.2) is 30.3 Å². The van der Waals surface area contributed by atoms with E-state index in [-0.39, 0.29) is 30.4 Å². The molecule has 146 valence electrons. The molecule has 0 spiro atoms. The smallest absolute Gasteiger partial charge is 0.245 e. The number of likely N-dealkylation sites (N-methyl/N-ethyl adjacent to an activating group) is 1. The third-order valence-electron chi connectivity index (χ3n) is 4.16. The van der Waals surface area contributed by atoms with Crippen molar-refractivity contribution in [3.8, 4) is 5.75 Å². The van der Waals surface area contributed by atoms with Gasteiger partial charge in [0.15, 0.2) is 0 Å². The van der Waals surface area contributed by atoms with Gasteiger partial charge in [0.1, 0.15) is 18.4 Å². The van der Waals surface area contributed by atoms with E-state index in [4.69, 9.17) is 9.47 Å². The van der Waals surface area contributed by atoms with Crippen molar-refractivity contribution in [2.45, 2.75) is 19.1 Å². The highest BCUT2D eigenvalue weighted by molar-refractivity contribution is 5.95. The molecule has 1 fully saturated rings. The zero-order valence-electron chi connectivity index (χ0n) is 15.7. The first-order valence-electron chi connectivity index (χ1n) is 8.66. The fourth-order valence-corrected chi connectivity index (χ4v) is 2.47. The molecule has 1 aliphatic rings. The van der Waals surface area contributed by atoms with Gasteiger partial charge in [-0.3, -0.25) is 14.4 Å². The van der Waals surface area contributed by atoms with Crippen LogP contribution in [0, 0.1) is 0 Å². The van der Waals surface area contributed by atoms with Crippen LogP contribution in [0.3, 0.4) is 0 Å². The minimum Gasteiger partial charge on any atom is -0.497 e. The summed E-state index contributed by atoms with van der Waals surface area (Å²) in [5, 5.41) is 5.12. The topological polar surface area (TPSA) is 97.0 Å². The quantitative estimate of drug-likeness (QED) is 0.632. The number of hydrogen-bond donors (Lipinski definition) is 2. The number of methoxy groups -OCH3 is 1. The molecule has 2 rings (SSSR count). The zero-order valence-corrected chi connectivity index (χ0v) is 15.7. The molecule has 0 aromatic heterocycles. The van der Waals surface area contributed by atoms with Gasteiger partial charge in [-0.15, -0.1) is 0 Å². The van der Waals surface area contributed by atoms with Crippen LogP contribution in [0.4, 0.5) is 0 Å².